The van der Waals surface area contributed by atoms with Crippen LogP contribution < -0.4 is 5.32 Å². The number of amides is 1. The van der Waals surface area contributed by atoms with Crippen LogP contribution in [-0.2, 0) is 16.1 Å². The van der Waals surface area contributed by atoms with Crippen molar-refractivity contribution in [3.63, 3.8) is 0 Å². The number of nitrogens with one attached hydrogen (secondary N) is 1. The number of carbonyl (C=O) groups excluding carboxylic acids is 1. The highest BCUT2D eigenvalue weighted by atomic mass is 16.4. The number of aliphatic carboxylic acids is 1. The molecule has 0 radical (unpaired) electrons. The first-order valence-electron chi connectivity index (χ1n) is 7.72. The lowest BCUT2D eigenvalue weighted by atomic mass is 9.76. The third kappa shape index (κ3) is 3.19. The summed E-state index contributed by atoms with van der Waals surface area (Å²) >= 11 is 0. The van der Waals surface area contributed by atoms with Crippen LogP contribution in [0.25, 0.3) is 0 Å². The topological polar surface area (TPSA) is 97.1 Å². The number of hydrogen-bond acceptors (Lipinski definition) is 4. The summed E-state index contributed by atoms with van der Waals surface area (Å²) in [5, 5.41) is 16.4. The van der Waals surface area contributed by atoms with E-state index < -0.39 is 17.3 Å². The number of pyridine rings is 1. The summed E-state index contributed by atoms with van der Waals surface area (Å²) < 4.78 is 1.68. The molecule has 2 heterocycles. The Bertz CT molecular complexity index is 769. The lowest BCUT2D eigenvalue weighted by Gasteiger charge is -2.28. The summed E-state index contributed by atoms with van der Waals surface area (Å²) in [7, 11) is 0. The smallest absolute Gasteiger partial charge is 0.319 e. The number of allylic oxidation sites excluding steroid dienone is 2. The van der Waals surface area contributed by atoms with Crippen molar-refractivity contribution < 1.29 is 14.7 Å². The zero-order valence-corrected chi connectivity index (χ0v) is 13.1. The van der Waals surface area contributed by atoms with E-state index in [4.69, 9.17) is 0 Å². The van der Waals surface area contributed by atoms with Crippen molar-refractivity contribution in [3.05, 3.63) is 54.5 Å². The van der Waals surface area contributed by atoms with Crippen molar-refractivity contribution >= 4 is 17.7 Å². The Labute approximate surface area is 139 Å². The molecule has 0 fully saturated rings. The van der Waals surface area contributed by atoms with E-state index in [0.29, 0.717) is 25.2 Å². The third-order valence-corrected chi connectivity index (χ3v) is 4.19. The van der Waals surface area contributed by atoms with E-state index >= 15 is 0 Å². The molecule has 1 atom stereocenters. The second kappa shape index (κ2) is 6.66. The number of rotatable bonds is 5. The standard InChI is InChI=1S/C17H18N4O3/c22-15(17(16(23)24)7-2-1-3-8-17)19-14-6-11-21(20-14)12-13-4-9-18-10-5-13/h1-2,4-6,9-11H,3,7-8,12H2,(H,23,24)(H,19,20,22). The maximum Gasteiger partial charge on any atom is 0.319 e. The molecule has 0 saturated carbocycles. The summed E-state index contributed by atoms with van der Waals surface area (Å²) in [4.78, 5) is 28.1. The average molecular weight is 326 g/mol. The number of carboxylic acid groups (broad SMARTS) is 1. The van der Waals surface area contributed by atoms with Gasteiger partial charge in [0.25, 0.3) is 0 Å². The summed E-state index contributed by atoms with van der Waals surface area (Å²) in [5.74, 6) is -1.27. The van der Waals surface area contributed by atoms with Gasteiger partial charge in [-0.3, -0.25) is 19.3 Å². The SMILES string of the molecule is O=C(O)C1(C(=O)Nc2ccn(Cc3ccncc3)n2)CC=CCC1. The number of hydrogen-bond donors (Lipinski definition) is 2. The fraction of sp³-hybridized carbons (Fsp3) is 0.294. The minimum atomic E-state index is -1.41. The van der Waals surface area contributed by atoms with Gasteiger partial charge in [-0.25, -0.2) is 0 Å². The first-order chi connectivity index (χ1) is 11.6. The Hall–Kier alpha value is -2.96. The Morgan fingerprint density at radius 3 is 2.71 bits per heavy atom. The Kier molecular flexibility index (Phi) is 4.41. The van der Waals surface area contributed by atoms with Crippen LogP contribution in [0.4, 0.5) is 5.82 Å². The third-order valence-electron chi connectivity index (χ3n) is 4.19. The lowest BCUT2D eigenvalue weighted by Crippen LogP contribution is -2.43. The molecular weight excluding hydrogens is 308 g/mol. The predicted octanol–water partition coefficient (Wildman–Crippen LogP) is 2.08. The van der Waals surface area contributed by atoms with E-state index in [-0.39, 0.29) is 6.42 Å². The van der Waals surface area contributed by atoms with E-state index in [0.717, 1.165) is 5.56 Å². The molecule has 1 amide bonds. The maximum absolute atomic E-state index is 12.5. The van der Waals surface area contributed by atoms with E-state index in [2.05, 4.69) is 15.4 Å². The highest BCUT2D eigenvalue weighted by Crippen LogP contribution is 2.34. The van der Waals surface area contributed by atoms with Gasteiger partial charge in [0.15, 0.2) is 11.2 Å². The quantitative estimate of drug-likeness (QED) is 0.647. The summed E-state index contributed by atoms with van der Waals surface area (Å²) in [6, 6.07) is 5.43. The molecule has 0 aromatic carbocycles. The highest BCUT2D eigenvalue weighted by Gasteiger charge is 2.45. The number of nitrogens with zero attached hydrogens (tertiary/aromatic N) is 3. The minimum Gasteiger partial charge on any atom is -0.480 e. The molecule has 124 valence electrons. The van der Waals surface area contributed by atoms with Gasteiger partial charge < -0.3 is 10.4 Å². The number of aromatic nitrogens is 3. The fourth-order valence-electron chi connectivity index (χ4n) is 2.76. The van der Waals surface area contributed by atoms with Crippen LogP contribution >= 0.6 is 0 Å². The van der Waals surface area contributed by atoms with Crippen LogP contribution in [0.5, 0.6) is 0 Å². The van der Waals surface area contributed by atoms with Crippen molar-refractivity contribution in [2.24, 2.45) is 5.41 Å². The molecule has 2 aromatic rings. The zero-order valence-electron chi connectivity index (χ0n) is 13.1. The zero-order chi connectivity index (χ0) is 17.0. The molecule has 2 aromatic heterocycles. The van der Waals surface area contributed by atoms with Crippen LogP contribution in [0.2, 0.25) is 0 Å². The minimum absolute atomic E-state index is 0.200. The molecule has 1 aliphatic rings. The molecular formula is C17H18N4O3. The van der Waals surface area contributed by atoms with Crippen molar-refractivity contribution in [2.45, 2.75) is 25.8 Å². The van der Waals surface area contributed by atoms with Gasteiger partial charge in [-0.1, -0.05) is 12.2 Å². The average Bonchev–Trinajstić information content (AvgIpc) is 3.03. The summed E-state index contributed by atoms with van der Waals surface area (Å²) in [6.45, 7) is 0.547. The van der Waals surface area contributed by atoms with E-state index in [1.165, 1.54) is 0 Å². The summed E-state index contributed by atoms with van der Waals surface area (Å²) in [6.07, 6.45) is 9.87. The Morgan fingerprint density at radius 1 is 1.25 bits per heavy atom. The molecule has 0 bridgehead atoms. The van der Waals surface area contributed by atoms with Gasteiger partial charge in [0.2, 0.25) is 5.91 Å². The van der Waals surface area contributed by atoms with Gasteiger partial charge in [-0.2, -0.15) is 5.10 Å². The summed E-state index contributed by atoms with van der Waals surface area (Å²) in [5.41, 5.74) is -0.380. The second-order valence-electron chi connectivity index (χ2n) is 5.81. The van der Waals surface area contributed by atoms with Crippen molar-refractivity contribution in [1.82, 2.24) is 14.8 Å². The van der Waals surface area contributed by atoms with Crippen LogP contribution in [0.15, 0.2) is 48.9 Å². The van der Waals surface area contributed by atoms with Gasteiger partial charge in [-0.15, -0.1) is 0 Å². The highest BCUT2D eigenvalue weighted by molar-refractivity contribution is 6.08. The van der Waals surface area contributed by atoms with E-state index in [1.54, 1.807) is 35.4 Å². The van der Waals surface area contributed by atoms with Crippen molar-refractivity contribution in [1.29, 1.82) is 0 Å². The molecule has 0 saturated heterocycles. The van der Waals surface area contributed by atoms with Gasteiger partial charge in [0, 0.05) is 24.7 Å². The largest absolute Gasteiger partial charge is 0.480 e. The molecule has 24 heavy (non-hydrogen) atoms. The van der Waals surface area contributed by atoms with E-state index in [9.17, 15) is 14.7 Å². The maximum atomic E-state index is 12.5. The van der Waals surface area contributed by atoms with Crippen molar-refractivity contribution in [3.8, 4) is 0 Å². The molecule has 1 aliphatic carbocycles. The second-order valence-corrected chi connectivity index (χ2v) is 5.81. The molecule has 7 nitrogen and oxygen atoms in total. The lowest BCUT2D eigenvalue weighted by molar-refractivity contribution is -0.154. The first kappa shape index (κ1) is 15.9. The molecule has 7 heteroatoms. The molecule has 0 spiro atoms. The monoisotopic (exact) mass is 326 g/mol. The Morgan fingerprint density at radius 2 is 2.04 bits per heavy atom. The normalized spacial score (nSPS) is 19.8. The Balaban J connectivity index is 1.71. The predicted molar refractivity (Wildman–Crippen MR) is 87.3 cm³/mol. The van der Waals surface area contributed by atoms with E-state index in [1.807, 2.05) is 18.2 Å². The van der Waals surface area contributed by atoms with Gasteiger partial charge in [0.05, 0.1) is 6.54 Å². The van der Waals surface area contributed by atoms with Crippen LogP contribution in [-0.4, -0.2) is 31.7 Å². The molecule has 2 N–H and O–H groups in total. The van der Waals surface area contributed by atoms with Crippen LogP contribution in [0.1, 0.15) is 24.8 Å². The van der Waals surface area contributed by atoms with Crippen molar-refractivity contribution in [2.75, 3.05) is 5.32 Å². The van der Waals surface area contributed by atoms with Crippen LogP contribution in [0, 0.1) is 5.41 Å². The van der Waals surface area contributed by atoms with Gasteiger partial charge in [-0.05, 0) is 37.0 Å². The molecule has 1 unspecified atom stereocenters. The number of anilines is 1. The molecule has 0 aliphatic heterocycles. The number of carboxylic acids is 1. The fourth-order valence-corrected chi connectivity index (χ4v) is 2.76. The number of carbonyl (C=O) groups is 2. The first-order valence-corrected chi connectivity index (χ1v) is 7.72. The van der Waals surface area contributed by atoms with Gasteiger partial charge >= 0.3 is 5.97 Å². The molecule has 3 rings (SSSR count). The van der Waals surface area contributed by atoms with Gasteiger partial charge in [0.1, 0.15) is 0 Å². The van der Waals surface area contributed by atoms with Crippen LogP contribution in [0.3, 0.4) is 0 Å².